The number of carbonyl (C=O) groups excluding carboxylic acids is 1. The van der Waals surface area contributed by atoms with E-state index in [0.717, 1.165) is 12.1 Å². The third kappa shape index (κ3) is 3.66. The first-order valence-electron chi connectivity index (χ1n) is 6.86. The average Bonchev–Trinajstić information content (AvgIpc) is 2.47. The lowest BCUT2D eigenvalue weighted by Crippen LogP contribution is -2.45. The summed E-state index contributed by atoms with van der Waals surface area (Å²) in [5, 5.41) is 20.1. The van der Waals surface area contributed by atoms with E-state index >= 15 is 0 Å². The van der Waals surface area contributed by atoms with Gasteiger partial charge in [0.2, 0.25) is 0 Å². The SMILES string of the molecule is CC1CC(C(=O)O)CN(C(=O)c2cc(F)cc([N+](=O)[O-])c2Br)C1. The number of amides is 1. The van der Waals surface area contributed by atoms with Gasteiger partial charge in [-0.15, -0.1) is 0 Å². The minimum absolute atomic E-state index is 0.00470. The first-order chi connectivity index (χ1) is 10.7. The molecule has 1 aromatic rings. The fourth-order valence-electron chi connectivity index (χ4n) is 2.73. The van der Waals surface area contributed by atoms with Gasteiger partial charge in [-0.1, -0.05) is 6.92 Å². The zero-order chi connectivity index (χ0) is 17.3. The van der Waals surface area contributed by atoms with E-state index in [4.69, 9.17) is 5.11 Å². The first-order valence-corrected chi connectivity index (χ1v) is 7.65. The van der Waals surface area contributed by atoms with Crippen molar-refractivity contribution in [3.63, 3.8) is 0 Å². The molecule has 1 saturated heterocycles. The Labute approximate surface area is 139 Å². The summed E-state index contributed by atoms with van der Waals surface area (Å²) >= 11 is 2.97. The van der Waals surface area contributed by atoms with Gasteiger partial charge in [0.1, 0.15) is 10.3 Å². The van der Waals surface area contributed by atoms with Gasteiger partial charge >= 0.3 is 5.97 Å². The van der Waals surface area contributed by atoms with Crippen LogP contribution in [-0.2, 0) is 4.79 Å². The molecular weight excluding hydrogens is 375 g/mol. The number of halogens is 2. The van der Waals surface area contributed by atoms with Crippen molar-refractivity contribution in [3.05, 3.63) is 38.1 Å². The molecule has 1 amide bonds. The lowest BCUT2D eigenvalue weighted by Gasteiger charge is -2.34. The second-order valence-corrected chi connectivity index (χ2v) is 6.42. The Morgan fingerprint density at radius 1 is 1.43 bits per heavy atom. The molecule has 1 aromatic carbocycles. The highest BCUT2D eigenvalue weighted by Crippen LogP contribution is 2.32. The quantitative estimate of drug-likeness (QED) is 0.633. The molecule has 1 aliphatic rings. The minimum Gasteiger partial charge on any atom is -0.481 e. The highest BCUT2D eigenvalue weighted by atomic mass is 79.9. The number of carbonyl (C=O) groups is 2. The number of rotatable bonds is 3. The van der Waals surface area contributed by atoms with E-state index in [1.54, 1.807) is 0 Å². The smallest absolute Gasteiger partial charge is 0.308 e. The van der Waals surface area contributed by atoms with Crippen LogP contribution in [0.4, 0.5) is 10.1 Å². The Kier molecular flexibility index (Phi) is 4.98. The summed E-state index contributed by atoms with van der Waals surface area (Å²) in [6, 6.07) is 1.63. The van der Waals surface area contributed by atoms with Crippen LogP contribution in [0.2, 0.25) is 0 Å². The summed E-state index contributed by atoms with van der Waals surface area (Å²) in [6.07, 6.45) is 0.448. The van der Waals surface area contributed by atoms with Crippen molar-refractivity contribution >= 4 is 33.5 Å². The van der Waals surface area contributed by atoms with E-state index in [1.807, 2.05) is 6.92 Å². The second-order valence-electron chi connectivity index (χ2n) is 5.63. The lowest BCUT2D eigenvalue weighted by molar-refractivity contribution is -0.385. The van der Waals surface area contributed by atoms with Crippen LogP contribution in [0.25, 0.3) is 0 Å². The van der Waals surface area contributed by atoms with Crippen LogP contribution in [0, 0.1) is 27.8 Å². The molecule has 2 rings (SSSR count). The zero-order valence-corrected chi connectivity index (χ0v) is 13.7. The maximum Gasteiger partial charge on any atom is 0.308 e. The number of nitro benzene ring substituents is 1. The van der Waals surface area contributed by atoms with E-state index in [-0.39, 0.29) is 22.5 Å². The van der Waals surface area contributed by atoms with Crippen molar-refractivity contribution in [3.8, 4) is 0 Å². The molecule has 1 aliphatic heterocycles. The number of aliphatic carboxylic acids is 1. The number of likely N-dealkylation sites (tertiary alicyclic amines) is 1. The fraction of sp³-hybridized carbons (Fsp3) is 0.429. The summed E-state index contributed by atoms with van der Waals surface area (Å²) in [5.41, 5.74) is -0.733. The molecule has 2 atom stereocenters. The van der Waals surface area contributed by atoms with E-state index in [1.165, 1.54) is 4.90 Å². The van der Waals surface area contributed by atoms with E-state index in [2.05, 4.69) is 15.9 Å². The van der Waals surface area contributed by atoms with Gasteiger partial charge in [0.25, 0.3) is 11.6 Å². The normalized spacial score (nSPS) is 21.1. The first kappa shape index (κ1) is 17.3. The van der Waals surface area contributed by atoms with Crippen LogP contribution >= 0.6 is 15.9 Å². The number of nitrogens with zero attached hydrogens (tertiary/aromatic N) is 2. The Bertz CT molecular complexity index is 681. The number of carboxylic acids is 1. The van der Waals surface area contributed by atoms with Crippen LogP contribution in [-0.4, -0.2) is 39.9 Å². The summed E-state index contributed by atoms with van der Waals surface area (Å²) in [5.74, 6) is -3.26. The Hall–Kier alpha value is -2.03. The highest BCUT2D eigenvalue weighted by Gasteiger charge is 2.34. The molecule has 1 heterocycles. The van der Waals surface area contributed by atoms with E-state index < -0.39 is 34.2 Å². The van der Waals surface area contributed by atoms with Crippen LogP contribution in [0.15, 0.2) is 16.6 Å². The van der Waals surface area contributed by atoms with Gasteiger partial charge in [-0.05, 0) is 34.3 Å². The molecule has 0 aromatic heterocycles. The number of benzene rings is 1. The van der Waals surface area contributed by atoms with Gasteiger partial charge in [-0.2, -0.15) is 0 Å². The van der Waals surface area contributed by atoms with Gasteiger partial charge in [-0.3, -0.25) is 19.7 Å². The molecule has 0 spiro atoms. The third-order valence-electron chi connectivity index (χ3n) is 3.74. The molecule has 124 valence electrons. The number of hydrogen-bond acceptors (Lipinski definition) is 4. The van der Waals surface area contributed by atoms with Crippen molar-refractivity contribution in [1.82, 2.24) is 4.90 Å². The molecule has 2 unspecified atom stereocenters. The number of piperidine rings is 1. The van der Waals surface area contributed by atoms with Crippen molar-refractivity contribution < 1.29 is 24.0 Å². The maximum atomic E-state index is 13.6. The minimum atomic E-state index is -1.00. The molecular formula is C14H14BrFN2O5. The van der Waals surface area contributed by atoms with Crippen molar-refractivity contribution in [2.75, 3.05) is 13.1 Å². The molecule has 9 heteroatoms. The monoisotopic (exact) mass is 388 g/mol. The number of carboxylic acid groups (broad SMARTS) is 1. The molecule has 0 saturated carbocycles. The molecule has 1 N–H and O–H groups in total. The molecule has 1 fully saturated rings. The molecule has 7 nitrogen and oxygen atoms in total. The zero-order valence-electron chi connectivity index (χ0n) is 12.2. The summed E-state index contributed by atoms with van der Waals surface area (Å²) < 4.78 is 13.5. The van der Waals surface area contributed by atoms with Gasteiger partial charge in [0, 0.05) is 13.1 Å². The number of nitro groups is 1. The Morgan fingerprint density at radius 2 is 2.09 bits per heavy atom. The van der Waals surface area contributed by atoms with Gasteiger partial charge in [0.05, 0.1) is 22.5 Å². The van der Waals surface area contributed by atoms with Crippen LogP contribution in [0.1, 0.15) is 23.7 Å². The molecule has 0 radical (unpaired) electrons. The summed E-state index contributed by atoms with van der Waals surface area (Å²) in [4.78, 5) is 35.2. The fourth-order valence-corrected chi connectivity index (χ4v) is 3.27. The van der Waals surface area contributed by atoms with E-state index in [9.17, 15) is 24.1 Å². The van der Waals surface area contributed by atoms with E-state index in [0.29, 0.717) is 13.0 Å². The second kappa shape index (κ2) is 6.61. The van der Waals surface area contributed by atoms with Crippen molar-refractivity contribution in [2.45, 2.75) is 13.3 Å². The van der Waals surface area contributed by atoms with Crippen LogP contribution in [0.3, 0.4) is 0 Å². The summed E-state index contributed by atoms with van der Waals surface area (Å²) in [7, 11) is 0. The predicted molar refractivity (Wildman–Crippen MR) is 81.6 cm³/mol. The lowest BCUT2D eigenvalue weighted by atomic mass is 9.90. The molecule has 0 bridgehead atoms. The standard InChI is InChI=1S/C14H14BrFN2O5/c1-7-2-8(14(20)21)6-17(5-7)13(19)10-3-9(16)4-11(12(10)15)18(22)23/h3-4,7-8H,2,5-6H2,1H3,(H,20,21). The molecule has 23 heavy (non-hydrogen) atoms. The van der Waals surface area contributed by atoms with Crippen molar-refractivity contribution in [2.24, 2.45) is 11.8 Å². The Morgan fingerprint density at radius 3 is 2.65 bits per heavy atom. The topological polar surface area (TPSA) is 101 Å². The third-order valence-corrected chi connectivity index (χ3v) is 4.57. The summed E-state index contributed by atoms with van der Waals surface area (Å²) in [6.45, 7) is 2.13. The van der Waals surface area contributed by atoms with Crippen LogP contribution in [0.5, 0.6) is 0 Å². The largest absolute Gasteiger partial charge is 0.481 e. The van der Waals surface area contributed by atoms with Gasteiger partial charge in [-0.25, -0.2) is 4.39 Å². The average molecular weight is 389 g/mol. The predicted octanol–water partition coefficient (Wildman–Crippen LogP) is 2.68. The van der Waals surface area contributed by atoms with Gasteiger partial charge in [0.15, 0.2) is 0 Å². The molecule has 0 aliphatic carbocycles. The number of hydrogen-bond donors (Lipinski definition) is 1. The van der Waals surface area contributed by atoms with Crippen LogP contribution < -0.4 is 0 Å². The van der Waals surface area contributed by atoms with Gasteiger partial charge < -0.3 is 10.0 Å². The maximum absolute atomic E-state index is 13.6. The Balaban J connectivity index is 2.36. The van der Waals surface area contributed by atoms with Crippen molar-refractivity contribution in [1.29, 1.82) is 0 Å². The highest BCUT2D eigenvalue weighted by molar-refractivity contribution is 9.10.